The van der Waals surface area contributed by atoms with E-state index in [9.17, 15) is 0 Å². The van der Waals surface area contributed by atoms with Gasteiger partial charge in [-0.3, -0.25) is 4.68 Å². The predicted octanol–water partition coefficient (Wildman–Crippen LogP) is 1.71. The van der Waals surface area contributed by atoms with Crippen LogP contribution >= 0.6 is 15.9 Å². The van der Waals surface area contributed by atoms with Crippen LogP contribution < -0.4 is 5.73 Å². The van der Waals surface area contributed by atoms with Gasteiger partial charge in [0, 0.05) is 25.9 Å². The van der Waals surface area contributed by atoms with Crippen molar-refractivity contribution in [2.24, 2.45) is 12.8 Å². The summed E-state index contributed by atoms with van der Waals surface area (Å²) in [6, 6.07) is -0.138. The molecule has 2 aromatic heterocycles. The molecular weight excluding hydrogens is 282 g/mol. The molecule has 2 rings (SSSR count). The molecule has 1 atom stereocenters. The normalized spacial score (nSPS) is 12.9. The third-order valence-electron chi connectivity index (χ3n) is 2.79. The van der Waals surface area contributed by atoms with Gasteiger partial charge in [0.15, 0.2) is 0 Å². The lowest BCUT2D eigenvalue weighted by Crippen LogP contribution is -2.17. The molecule has 5 nitrogen and oxygen atoms in total. The Morgan fingerprint density at radius 3 is 2.88 bits per heavy atom. The molecule has 0 saturated heterocycles. The summed E-state index contributed by atoms with van der Waals surface area (Å²) in [5, 5.41) is 4.45. The summed E-state index contributed by atoms with van der Waals surface area (Å²) in [5.41, 5.74) is 8.27. The van der Waals surface area contributed by atoms with Gasteiger partial charge in [-0.15, -0.1) is 0 Å². The molecule has 0 amide bonds. The summed E-state index contributed by atoms with van der Waals surface area (Å²) in [7, 11) is 1.94. The van der Waals surface area contributed by atoms with E-state index in [-0.39, 0.29) is 6.04 Å². The van der Waals surface area contributed by atoms with Gasteiger partial charge in [0.05, 0.1) is 21.9 Å². The largest absolute Gasteiger partial charge is 0.347 e. The summed E-state index contributed by atoms with van der Waals surface area (Å²) in [5.74, 6) is 0.802. The van der Waals surface area contributed by atoms with Crippen LogP contribution in [0.15, 0.2) is 16.9 Å². The number of H-pyrrole nitrogens is 1. The van der Waals surface area contributed by atoms with Gasteiger partial charge in [0.2, 0.25) is 0 Å². The highest BCUT2D eigenvalue weighted by molar-refractivity contribution is 9.10. The molecule has 92 valence electrons. The Bertz CT molecular complexity index is 488. The number of nitrogens with one attached hydrogen (secondary N) is 1. The zero-order valence-electron chi connectivity index (χ0n) is 9.94. The van der Waals surface area contributed by atoms with Gasteiger partial charge in [-0.1, -0.05) is 6.92 Å². The van der Waals surface area contributed by atoms with Crippen molar-refractivity contribution in [2.45, 2.75) is 25.8 Å². The summed E-state index contributed by atoms with van der Waals surface area (Å²) in [6.45, 7) is 2.09. The number of aromatic amines is 1. The number of hydrogen-bond donors (Lipinski definition) is 2. The molecule has 0 aliphatic heterocycles. The van der Waals surface area contributed by atoms with E-state index < -0.39 is 0 Å². The van der Waals surface area contributed by atoms with Crippen LogP contribution in [0.5, 0.6) is 0 Å². The molecular formula is C11H16BrN5. The zero-order chi connectivity index (χ0) is 12.4. The molecule has 17 heavy (non-hydrogen) atoms. The van der Waals surface area contributed by atoms with Gasteiger partial charge in [-0.05, 0) is 22.4 Å². The number of halogens is 1. The van der Waals surface area contributed by atoms with E-state index in [0.29, 0.717) is 6.42 Å². The van der Waals surface area contributed by atoms with E-state index in [1.54, 1.807) is 12.4 Å². The fourth-order valence-corrected chi connectivity index (χ4v) is 2.60. The van der Waals surface area contributed by atoms with Crippen molar-refractivity contribution in [2.75, 3.05) is 0 Å². The maximum absolute atomic E-state index is 6.10. The van der Waals surface area contributed by atoms with Crippen molar-refractivity contribution in [3.63, 3.8) is 0 Å². The molecule has 1 unspecified atom stereocenters. The van der Waals surface area contributed by atoms with Gasteiger partial charge >= 0.3 is 0 Å². The zero-order valence-corrected chi connectivity index (χ0v) is 11.5. The van der Waals surface area contributed by atoms with E-state index in [4.69, 9.17) is 5.73 Å². The number of nitrogens with zero attached hydrogens (tertiary/aromatic N) is 3. The van der Waals surface area contributed by atoms with E-state index in [1.807, 2.05) is 11.7 Å². The first-order valence-electron chi connectivity index (χ1n) is 5.58. The average molecular weight is 298 g/mol. The lowest BCUT2D eigenvalue weighted by Gasteiger charge is -2.09. The maximum atomic E-state index is 6.10. The average Bonchev–Trinajstić information content (AvgIpc) is 2.92. The van der Waals surface area contributed by atoms with Crippen LogP contribution in [-0.4, -0.2) is 19.7 Å². The minimum absolute atomic E-state index is 0.138. The standard InChI is InChI=1S/C11H16BrN5/c1-3-8-10(12)9(17(2)16-8)6-7(13)11-14-4-5-15-11/h4-5,7H,3,6,13H2,1-2H3,(H,14,15). The maximum Gasteiger partial charge on any atom is 0.123 e. The minimum atomic E-state index is -0.138. The Hall–Kier alpha value is -1.14. The minimum Gasteiger partial charge on any atom is -0.347 e. The van der Waals surface area contributed by atoms with E-state index in [1.165, 1.54) is 0 Å². The molecule has 0 radical (unpaired) electrons. The molecule has 0 spiro atoms. The quantitative estimate of drug-likeness (QED) is 0.902. The van der Waals surface area contributed by atoms with Crippen molar-refractivity contribution in [1.29, 1.82) is 0 Å². The highest BCUT2D eigenvalue weighted by Crippen LogP contribution is 2.24. The Labute approximate surface area is 109 Å². The second kappa shape index (κ2) is 5.01. The first kappa shape index (κ1) is 12.3. The number of nitrogens with two attached hydrogens (primary N) is 1. The molecule has 0 bridgehead atoms. The Balaban J connectivity index is 2.21. The van der Waals surface area contributed by atoms with Crippen LogP contribution in [0.25, 0.3) is 0 Å². The number of aryl methyl sites for hydroxylation is 2. The van der Waals surface area contributed by atoms with Crippen LogP contribution in [-0.2, 0) is 19.9 Å². The fourth-order valence-electron chi connectivity index (χ4n) is 1.83. The highest BCUT2D eigenvalue weighted by Gasteiger charge is 2.17. The van der Waals surface area contributed by atoms with Gasteiger partial charge in [-0.2, -0.15) is 5.10 Å². The molecule has 3 N–H and O–H groups in total. The van der Waals surface area contributed by atoms with Crippen LogP contribution in [0.1, 0.15) is 30.2 Å². The lowest BCUT2D eigenvalue weighted by molar-refractivity contribution is 0.617. The summed E-state index contributed by atoms with van der Waals surface area (Å²) < 4.78 is 2.94. The SMILES string of the molecule is CCc1nn(C)c(CC(N)c2ncc[nH]2)c1Br. The van der Waals surface area contributed by atoms with E-state index >= 15 is 0 Å². The Kier molecular flexibility index (Phi) is 3.63. The Morgan fingerprint density at radius 1 is 1.59 bits per heavy atom. The summed E-state index contributed by atoms with van der Waals surface area (Å²) in [4.78, 5) is 7.21. The summed E-state index contributed by atoms with van der Waals surface area (Å²) in [6.07, 6.45) is 5.11. The molecule has 0 saturated carbocycles. The summed E-state index contributed by atoms with van der Waals surface area (Å²) >= 11 is 3.58. The van der Waals surface area contributed by atoms with Crippen LogP contribution in [0, 0.1) is 0 Å². The van der Waals surface area contributed by atoms with E-state index in [2.05, 4.69) is 37.9 Å². The lowest BCUT2D eigenvalue weighted by atomic mass is 10.1. The van der Waals surface area contributed by atoms with Crippen LogP contribution in [0.3, 0.4) is 0 Å². The smallest absolute Gasteiger partial charge is 0.123 e. The third kappa shape index (κ3) is 2.42. The second-order valence-corrected chi connectivity index (χ2v) is 4.76. The third-order valence-corrected chi connectivity index (χ3v) is 3.70. The number of hydrogen-bond acceptors (Lipinski definition) is 3. The van der Waals surface area contributed by atoms with Crippen LogP contribution in [0.2, 0.25) is 0 Å². The topological polar surface area (TPSA) is 72.5 Å². The molecule has 0 aliphatic carbocycles. The molecule has 2 heterocycles. The van der Waals surface area contributed by atoms with Gasteiger partial charge in [0.1, 0.15) is 5.82 Å². The highest BCUT2D eigenvalue weighted by atomic mass is 79.9. The van der Waals surface area contributed by atoms with Crippen molar-refractivity contribution < 1.29 is 0 Å². The fraction of sp³-hybridized carbons (Fsp3) is 0.455. The molecule has 6 heteroatoms. The molecule has 0 aliphatic rings. The Morgan fingerprint density at radius 2 is 2.35 bits per heavy atom. The van der Waals surface area contributed by atoms with Gasteiger partial charge in [0.25, 0.3) is 0 Å². The van der Waals surface area contributed by atoms with Crippen molar-refractivity contribution in [3.8, 4) is 0 Å². The predicted molar refractivity (Wildman–Crippen MR) is 69.5 cm³/mol. The monoisotopic (exact) mass is 297 g/mol. The molecule has 2 aromatic rings. The molecule has 0 aromatic carbocycles. The number of imidazole rings is 1. The number of rotatable bonds is 4. The molecule has 0 fully saturated rings. The van der Waals surface area contributed by atoms with Crippen molar-refractivity contribution >= 4 is 15.9 Å². The van der Waals surface area contributed by atoms with Gasteiger partial charge < -0.3 is 10.7 Å². The first-order chi connectivity index (χ1) is 8.13. The van der Waals surface area contributed by atoms with Crippen molar-refractivity contribution in [3.05, 3.63) is 34.1 Å². The van der Waals surface area contributed by atoms with E-state index in [0.717, 1.165) is 28.1 Å². The van der Waals surface area contributed by atoms with Gasteiger partial charge in [-0.25, -0.2) is 4.98 Å². The second-order valence-electron chi connectivity index (χ2n) is 3.97. The van der Waals surface area contributed by atoms with Crippen LogP contribution in [0.4, 0.5) is 0 Å². The number of aromatic nitrogens is 4. The first-order valence-corrected chi connectivity index (χ1v) is 6.37. The van der Waals surface area contributed by atoms with Crippen molar-refractivity contribution in [1.82, 2.24) is 19.7 Å².